The largest absolute Gasteiger partial charge is 0.497 e. The predicted octanol–water partition coefficient (Wildman–Crippen LogP) is 3.27. The Hall–Kier alpha value is -3.09. The van der Waals surface area contributed by atoms with Crippen molar-refractivity contribution in [2.24, 2.45) is 0 Å². The fraction of sp³-hybridized carbons (Fsp3) is 0.350. The molecule has 0 spiro atoms. The lowest BCUT2D eigenvalue weighted by molar-refractivity contribution is 0.0947. The number of rotatable bonds is 9. The summed E-state index contributed by atoms with van der Waals surface area (Å²) in [6.07, 6.45) is 3.05. The Morgan fingerprint density at radius 3 is 2.41 bits per heavy atom. The Balaban J connectivity index is 2.10. The first-order valence-corrected chi connectivity index (χ1v) is 8.87. The van der Waals surface area contributed by atoms with Gasteiger partial charge in [-0.05, 0) is 30.7 Å². The number of amides is 2. The van der Waals surface area contributed by atoms with Crippen molar-refractivity contribution in [3.63, 3.8) is 0 Å². The summed E-state index contributed by atoms with van der Waals surface area (Å²) in [6, 6.07) is 9.85. The molecule has 1 heterocycles. The van der Waals surface area contributed by atoms with E-state index in [0.717, 1.165) is 19.3 Å². The first-order chi connectivity index (χ1) is 13.1. The third-order valence-corrected chi connectivity index (χ3v) is 3.94. The minimum absolute atomic E-state index is 0.140. The SMILES string of the molecule is CCCCCNC(=O)c1cccc(C(=O)Nc2cc(OC)ccc2OC)n1. The second-order valence-corrected chi connectivity index (χ2v) is 5.89. The van der Waals surface area contributed by atoms with E-state index in [-0.39, 0.29) is 17.3 Å². The third-order valence-electron chi connectivity index (χ3n) is 3.94. The highest BCUT2D eigenvalue weighted by atomic mass is 16.5. The summed E-state index contributed by atoms with van der Waals surface area (Å²) < 4.78 is 10.4. The van der Waals surface area contributed by atoms with Crippen LogP contribution < -0.4 is 20.1 Å². The summed E-state index contributed by atoms with van der Waals surface area (Å²) in [7, 11) is 3.05. The van der Waals surface area contributed by atoms with Crippen LogP contribution in [0.2, 0.25) is 0 Å². The van der Waals surface area contributed by atoms with Crippen LogP contribution in [0.25, 0.3) is 0 Å². The minimum Gasteiger partial charge on any atom is -0.497 e. The zero-order chi connectivity index (χ0) is 19.6. The maximum atomic E-state index is 12.6. The first kappa shape index (κ1) is 20.2. The molecule has 0 unspecified atom stereocenters. The minimum atomic E-state index is -0.442. The Morgan fingerprint density at radius 1 is 1.00 bits per heavy atom. The van der Waals surface area contributed by atoms with E-state index in [9.17, 15) is 9.59 Å². The topological polar surface area (TPSA) is 89.6 Å². The van der Waals surface area contributed by atoms with Crippen LogP contribution in [0.4, 0.5) is 5.69 Å². The van der Waals surface area contributed by atoms with Crippen molar-refractivity contribution in [3.8, 4) is 11.5 Å². The van der Waals surface area contributed by atoms with Gasteiger partial charge in [-0.3, -0.25) is 9.59 Å². The highest BCUT2D eigenvalue weighted by Gasteiger charge is 2.14. The summed E-state index contributed by atoms with van der Waals surface area (Å²) in [4.78, 5) is 28.9. The van der Waals surface area contributed by atoms with E-state index in [1.165, 1.54) is 14.2 Å². The summed E-state index contributed by atoms with van der Waals surface area (Å²) in [5.74, 6) is 0.343. The van der Waals surface area contributed by atoms with Gasteiger partial charge in [0.15, 0.2) is 0 Å². The molecule has 0 radical (unpaired) electrons. The number of unbranched alkanes of at least 4 members (excludes halogenated alkanes) is 2. The van der Waals surface area contributed by atoms with Gasteiger partial charge >= 0.3 is 0 Å². The van der Waals surface area contributed by atoms with Crippen molar-refractivity contribution >= 4 is 17.5 Å². The highest BCUT2D eigenvalue weighted by molar-refractivity contribution is 6.04. The lowest BCUT2D eigenvalue weighted by Crippen LogP contribution is -2.26. The summed E-state index contributed by atoms with van der Waals surface area (Å²) in [5, 5.41) is 5.55. The van der Waals surface area contributed by atoms with Crippen molar-refractivity contribution in [1.82, 2.24) is 10.3 Å². The number of methoxy groups -OCH3 is 2. The second kappa shape index (κ2) is 10.2. The number of pyridine rings is 1. The van der Waals surface area contributed by atoms with Crippen molar-refractivity contribution in [2.45, 2.75) is 26.2 Å². The highest BCUT2D eigenvalue weighted by Crippen LogP contribution is 2.29. The van der Waals surface area contributed by atoms with Crippen molar-refractivity contribution in [2.75, 3.05) is 26.1 Å². The molecule has 0 saturated heterocycles. The molecular formula is C20H25N3O4. The number of carbonyl (C=O) groups excluding carboxylic acids is 2. The van der Waals surface area contributed by atoms with Crippen LogP contribution >= 0.6 is 0 Å². The van der Waals surface area contributed by atoms with Gasteiger partial charge in [0, 0.05) is 12.6 Å². The summed E-state index contributed by atoms with van der Waals surface area (Å²) >= 11 is 0. The fourth-order valence-electron chi connectivity index (χ4n) is 2.45. The number of aromatic nitrogens is 1. The van der Waals surface area contributed by atoms with E-state index in [0.29, 0.717) is 23.7 Å². The molecule has 0 bridgehead atoms. The molecular weight excluding hydrogens is 346 g/mol. The zero-order valence-electron chi connectivity index (χ0n) is 15.9. The van der Waals surface area contributed by atoms with Crippen LogP contribution in [0.5, 0.6) is 11.5 Å². The van der Waals surface area contributed by atoms with Gasteiger partial charge in [0.2, 0.25) is 0 Å². The van der Waals surface area contributed by atoms with E-state index in [1.807, 2.05) is 0 Å². The Labute approximate surface area is 159 Å². The number of anilines is 1. The average molecular weight is 371 g/mol. The van der Waals surface area contributed by atoms with E-state index in [1.54, 1.807) is 36.4 Å². The zero-order valence-corrected chi connectivity index (χ0v) is 15.9. The van der Waals surface area contributed by atoms with Crippen molar-refractivity contribution in [1.29, 1.82) is 0 Å². The van der Waals surface area contributed by atoms with Crippen molar-refractivity contribution < 1.29 is 19.1 Å². The second-order valence-electron chi connectivity index (χ2n) is 5.89. The van der Waals surface area contributed by atoms with Gasteiger partial charge in [0.25, 0.3) is 11.8 Å². The van der Waals surface area contributed by atoms with Crippen LogP contribution in [0, 0.1) is 0 Å². The van der Waals surface area contributed by atoms with E-state index in [4.69, 9.17) is 9.47 Å². The monoisotopic (exact) mass is 371 g/mol. The molecule has 7 heteroatoms. The number of hydrogen-bond acceptors (Lipinski definition) is 5. The molecule has 0 saturated carbocycles. The molecule has 27 heavy (non-hydrogen) atoms. The number of ether oxygens (including phenoxy) is 2. The van der Waals surface area contributed by atoms with Crippen LogP contribution in [0.15, 0.2) is 36.4 Å². The quantitative estimate of drug-likeness (QED) is 0.660. The fourth-order valence-corrected chi connectivity index (χ4v) is 2.45. The van der Waals surface area contributed by atoms with Crippen LogP contribution in [-0.4, -0.2) is 37.6 Å². The van der Waals surface area contributed by atoms with Gasteiger partial charge in [-0.25, -0.2) is 4.98 Å². The summed E-state index contributed by atoms with van der Waals surface area (Å²) in [5.41, 5.74) is 0.802. The van der Waals surface area contributed by atoms with Crippen LogP contribution in [-0.2, 0) is 0 Å². The molecule has 1 aromatic carbocycles. The number of nitrogens with one attached hydrogen (secondary N) is 2. The third kappa shape index (κ3) is 5.70. The first-order valence-electron chi connectivity index (χ1n) is 8.87. The molecule has 0 aliphatic rings. The number of nitrogens with zero attached hydrogens (tertiary/aromatic N) is 1. The predicted molar refractivity (Wildman–Crippen MR) is 104 cm³/mol. The van der Waals surface area contributed by atoms with Gasteiger partial charge in [-0.2, -0.15) is 0 Å². The van der Waals surface area contributed by atoms with Crippen molar-refractivity contribution in [3.05, 3.63) is 47.8 Å². The van der Waals surface area contributed by atoms with Gasteiger partial charge in [0.1, 0.15) is 22.9 Å². The molecule has 0 atom stereocenters. The molecule has 0 fully saturated rings. The molecule has 1 aromatic heterocycles. The molecule has 144 valence electrons. The normalized spacial score (nSPS) is 10.2. The van der Waals surface area contributed by atoms with Gasteiger partial charge in [-0.1, -0.05) is 25.8 Å². The maximum Gasteiger partial charge on any atom is 0.274 e. The lowest BCUT2D eigenvalue weighted by atomic mass is 10.2. The lowest BCUT2D eigenvalue weighted by Gasteiger charge is -2.12. The molecule has 7 nitrogen and oxygen atoms in total. The van der Waals surface area contributed by atoms with Crippen LogP contribution in [0.1, 0.15) is 47.2 Å². The average Bonchev–Trinajstić information content (AvgIpc) is 2.71. The van der Waals surface area contributed by atoms with Gasteiger partial charge in [-0.15, -0.1) is 0 Å². The smallest absolute Gasteiger partial charge is 0.274 e. The van der Waals surface area contributed by atoms with Gasteiger partial charge in [0.05, 0.1) is 19.9 Å². The number of hydrogen-bond donors (Lipinski definition) is 2. The number of benzene rings is 1. The summed E-state index contributed by atoms with van der Waals surface area (Å²) in [6.45, 7) is 2.69. The van der Waals surface area contributed by atoms with Crippen LogP contribution in [0.3, 0.4) is 0 Å². The molecule has 2 amide bonds. The van der Waals surface area contributed by atoms with E-state index < -0.39 is 5.91 Å². The Bertz CT molecular complexity index is 793. The van der Waals surface area contributed by atoms with Gasteiger partial charge < -0.3 is 20.1 Å². The van der Waals surface area contributed by atoms with E-state index in [2.05, 4.69) is 22.5 Å². The maximum absolute atomic E-state index is 12.6. The Kier molecular flexibility index (Phi) is 7.61. The Morgan fingerprint density at radius 2 is 1.74 bits per heavy atom. The number of carbonyl (C=O) groups is 2. The molecule has 0 aliphatic carbocycles. The molecule has 2 aromatic rings. The standard InChI is InChI=1S/C20H25N3O4/c1-4-5-6-12-21-19(24)15-8-7-9-16(22-15)20(25)23-17-13-14(26-2)10-11-18(17)27-3/h7-11,13H,4-6,12H2,1-3H3,(H,21,24)(H,23,25). The molecule has 0 aliphatic heterocycles. The molecule has 2 N–H and O–H groups in total. The van der Waals surface area contributed by atoms with E-state index >= 15 is 0 Å². The molecule has 2 rings (SSSR count).